The topological polar surface area (TPSA) is 38.0 Å². The van der Waals surface area contributed by atoms with Crippen molar-refractivity contribution in [3.8, 4) is 17.3 Å². The maximum Gasteiger partial charge on any atom is 0.229 e. The second-order valence-corrected chi connectivity index (χ2v) is 4.05. The molecule has 0 aliphatic rings. The molecule has 0 amide bonds. The first-order chi connectivity index (χ1) is 7.50. The minimum absolute atomic E-state index is 0.0128. The molecule has 0 aliphatic heterocycles. The first kappa shape index (κ1) is 11.1. The van der Waals surface area contributed by atoms with Gasteiger partial charge in [0.15, 0.2) is 11.6 Å². The summed E-state index contributed by atoms with van der Waals surface area (Å²) in [5.74, 6) is -1.73. The highest BCUT2D eigenvalue weighted by Gasteiger charge is 2.16. The SMILES string of the molecule is Cn1cc(O)nc1-c1ccc(F)c(F)c1Br. The first-order valence-electron chi connectivity index (χ1n) is 4.37. The third-order valence-corrected chi connectivity index (χ3v) is 2.92. The molecule has 16 heavy (non-hydrogen) atoms. The van der Waals surface area contributed by atoms with Crippen LogP contribution in [0.1, 0.15) is 0 Å². The van der Waals surface area contributed by atoms with Gasteiger partial charge in [0.2, 0.25) is 5.88 Å². The minimum Gasteiger partial charge on any atom is -0.492 e. The van der Waals surface area contributed by atoms with Crippen LogP contribution in [0, 0.1) is 11.6 Å². The summed E-state index contributed by atoms with van der Waals surface area (Å²) in [5.41, 5.74) is 0.377. The van der Waals surface area contributed by atoms with Crippen molar-refractivity contribution in [1.82, 2.24) is 9.55 Å². The largest absolute Gasteiger partial charge is 0.492 e. The van der Waals surface area contributed by atoms with Gasteiger partial charge in [-0.05, 0) is 28.1 Å². The summed E-state index contributed by atoms with van der Waals surface area (Å²) in [7, 11) is 1.65. The molecule has 1 N–H and O–H groups in total. The van der Waals surface area contributed by atoms with E-state index < -0.39 is 11.6 Å². The standard InChI is InChI=1S/C10H7BrF2N2O/c1-15-4-7(16)14-10(15)5-2-3-6(12)9(13)8(5)11/h2-4,16H,1H3. The lowest BCUT2D eigenvalue weighted by Crippen LogP contribution is -1.95. The highest BCUT2D eigenvalue weighted by atomic mass is 79.9. The van der Waals surface area contributed by atoms with Crippen molar-refractivity contribution in [2.24, 2.45) is 7.05 Å². The molecule has 0 atom stereocenters. The van der Waals surface area contributed by atoms with Crippen LogP contribution in [0.4, 0.5) is 8.78 Å². The monoisotopic (exact) mass is 288 g/mol. The number of hydrogen-bond donors (Lipinski definition) is 1. The average molecular weight is 289 g/mol. The fourth-order valence-corrected chi connectivity index (χ4v) is 1.90. The summed E-state index contributed by atoms with van der Waals surface area (Å²) >= 11 is 2.96. The van der Waals surface area contributed by atoms with E-state index in [1.54, 1.807) is 7.05 Å². The molecule has 1 aromatic carbocycles. The van der Waals surface area contributed by atoms with Crippen LogP contribution in [0.3, 0.4) is 0 Å². The third kappa shape index (κ3) is 1.69. The Morgan fingerprint density at radius 1 is 1.38 bits per heavy atom. The van der Waals surface area contributed by atoms with Crippen LogP contribution in [0.5, 0.6) is 5.88 Å². The number of nitrogens with zero attached hydrogens (tertiary/aromatic N) is 2. The molecule has 0 bridgehead atoms. The normalized spacial score (nSPS) is 10.8. The zero-order valence-corrected chi connectivity index (χ0v) is 9.79. The Morgan fingerprint density at radius 2 is 2.06 bits per heavy atom. The number of halogens is 3. The molecule has 0 fully saturated rings. The Hall–Kier alpha value is -1.43. The van der Waals surface area contributed by atoms with E-state index in [9.17, 15) is 13.9 Å². The van der Waals surface area contributed by atoms with Crippen LogP contribution in [-0.2, 0) is 7.05 Å². The summed E-state index contributed by atoms with van der Waals surface area (Å²) in [6, 6.07) is 2.41. The second kappa shape index (κ2) is 3.86. The van der Waals surface area contributed by atoms with Gasteiger partial charge in [-0.1, -0.05) is 0 Å². The zero-order chi connectivity index (χ0) is 11.9. The lowest BCUT2D eigenvalue weighted by molar-refractivity contribution is 0.456. The van der Waals surface area contributed by atoms with Crippen LogP contribution in [-0.4, -0.2) is 14.7 Å². The molecule has 6 heteroatoms. The number of hydrogen-bond acceptors (Lipinski definition) is 2. The van der Waals surface area contributed by atoms with Gasteiger partial charge < -0.3 is 9.67 Å². The molecule has 3 nitrogen and oxygen atoms in total. The third-order valence-electron chi connectivity index (χ3n) is 2.14. The number of aryl methyl sites for hydroxylation is 1. The van der Waals surface area contributed by atoms with Gasteiger partial charge in [0, 0.05) is 12.6 Å². The Kier molecular flexibility index (Phi) is 2.67. The van der Waals surface area contributed by atoms with Crippen molar-refractivity contribution >= 4 is 15.9 Å². The molecule has 84 valence electrons. The molecule has 2 aromatic rings. The molecular formula is C10H7BrF2N2O. The van der Waals surface area contributed by atoms with Crippen LogP contribution in [0.15, 0.2) is 22.8 Å². The highest BCUT2D eigenvalue weighted by Crippen LogP contribution is 2.31. The van der Waals surface area contributed by atoms with Gasteiger partial charge in [-0.2, -0.15) is 4.98 Å². The summed E-state index contributed by atoms with van der Waals surface area (Å²) in [5, 5.41) is 9.19. The van der Waals surface area contributed by atoms with E-state index in [0.717, 1.165) is 6.07 Å². The van der Waals surface area contributed by atoms with Crippen molar-refractivity contribution < 1.29 is 13.9 Å². The highest BCUT2D eigenvalue weighted by molar-refractivity contribution is 9.10. The predicted octanol–water partition coefficient (Wildman–Crippen LogP) is 2.83. The van der Waals surface area contributed by atoms with Gasteiger partial charge >= 0.3 is 0 Å². The van der Waals surface area contributed by atoms with Gasteiger partial charge in [0.25, 0.3) is 0 Å². The van der Waals surface area contributed by atoms with E-state index in [1.807, 2.05) is 0 Å². The van der Waals surface area contributed by atoms with Crippen molar-refractivity contribution in [2.45, 2.75) is 0 Å². The maximum absolute atomic E-state index is 13.3. The van der Waals surface area contributed by atoms with E-state index in [2.05, 4.69) is 20.9 Å². The summed E-state index contributed by atoms with van der Waals surface area (Å²) in [6.45, 7) is 0. The quantitative estimate of drug-likeness (QED) is 0.820. The maximum atomic E-state index is 13.3. The Bertz CT molecular complexity index is 554. The van der Waals surface area contributed by atoms with E-state index in [1.165, 1.54) is 16.8 Å². The first-order valence-corrected chi connectivity index (χ1v) is 5.16. The van der Waals surface area contributed by atoms with Crippen molar-refractivity contribution in [3.63, 3.8) is 0 Å². The van der Waals surface area contributed by atoms with Crippen LogP contribution >= 0.6 is 15.9 Å². The predicted molar refractivity (Wildman–Crippen MR) is 57.9 cm³/mol. The van der Waals surface area contributed by atoms with Gasteiger partial charge in [-0.15, -0.1) is 0 Å². The second-order valence-electron chi connectivity index (χ2n) is 3.26. The van der Waals surface area contributed by atoms with Crippen molar-refractivity contribution in [1.29, 1.82) is 0 Å². The molecule has 0 saturated carbocycles. The average Bonchev–Trinajstić information content (AvgIpc) is 2.55. The van der Waals surface area contributed by atoms with Gasteiger partial charge in [0.1, 0.15) is 5.82 Å². The van der Waals surface area contributed by atoms with E-state index in [-0.39, 0.29) is 10.4 Å². The Labute approximate surface area is 98.5 Å². The number of benzene rings is 1. The molecule has 1 heterocycles. The van der Waals surface area contributed by atoms with Crippen LogP contribution < -0.4 is 0 Å². The van der Waals surface area contributed by atoms with Crippen molar-refractivity contribution in [2.75, 3.05) is 0 Å². The minimum atomic E-state index is -0.972. The molecular weight excluding hydrogens is 282 g/mol. The molecule has 1 aromatic heterocycles. The Morgan fingerprint density at radius 3 is 2.62 bits per heavy atom. The zero-order valence-electron chi connectivity index (χ0n) is 8.21. The molecule has 0 saturated heterocycles. The van der Waals surface area contributed by atoms with Gasteiger partial charge in [-0.25, -0.2) is 8.78 Å². The number of rotatable bonds is 1. The molecule has 2 rings (SSSR count). The molecule has 0 aliphatic carbocycles. The summed E-state index contributed by atoms with van der Waals surface area (Å²) in [4.78, 5) is 3.81. The van der Waals surface area contributed by atoms with Gasteiger partial charge in [0.05, 0.1) is 10.7 Å². The van der Waals surface area contributed by atoms with E-state index in [0.29, 0.717) is 11.4 Å². The summed E-state index contributed by atoms with van der Waals surface area (Å²) in [6.07, 6.45) is 1.38. The summed E-state index contributed by atoms with van der Waals surface area (Å²) < 4.78 is 27.7. The number of imidazole rings is 1. The van der Waals surface area contributed by atoms with Gasteiger partial charge in [-0.3, -0.25) is 0 Å². The number of aromatic nitrogens is 2. The lowest BCUT2D eigenvalue weighted by Gasteiger charge is -2.05. The fourth-order valence-electron chi connectivity index (χ4n) is 1.40. The van der Waals surface area contributed by atoms with Crippen LogP contribution in [0.25, 0.3) is 11.4 Å². The smallest absolute Gasteiger partial charge is 0.229 e. The van der Waals surface area contributed by atoms with Crippen LogP contribution in [0.2, 0.25) is 0 Å². The van der Waals surface area contributed by atoms with Crippen molar-refractivity contribution in [3.05, 3.63) is 34.4 Å². The molecule has 0 spiro atoms. The molecule has 0 radical (unpaired) electrons. The lowest BCUT2D eigenvalue weighted by atomic mass is 10.2. The van der Waals surface area contributed by atoms with E-state index in [4.69, 9.17) is 0 Å². The number of aromatic hydroxyl groups is 1. The molecule has 0 unspecified atom stereocenters. The van der Waals surface area contributed by atoms with E-state index >= 15 is 0 Å². The Balaban J connectivity index is 2.65. The fraction of sp³-hybridized carbons (Fsp3) is 0.100.